The van der Waals surface area contributed by atoms with Crippen molar-refractivity contribution in [2.24, 2.45) is 0 Å². The molecule has 1 N–H and O–H groups in total. The van der Waals surface area contributed by atoms with Crippen molar-refractivity contribution in [3.8, 4) is 5.75 Å². The fourth-order valence-electron chi connectivity index (χ4n) is 1.96. The molecule has 1 saturated heterocycles. The summed E-state index contributed by atoms with van der Waals surface area (Å²) in [5.74, 6) is 0.856. The van der Waals surface area contributed by atoms with Gasteiger partial charge in [-0.05, 0) is 24.1 Å². The molecule has 0 aromatic heterocycles. The van der Waals surface area contributed by atoms with Gasteiger partial charge in [0.2, 0.25) is 5.91 Å². The Balaban J connectivity index is 1.69. The summed E-state index contributed by atoms with van der Waals surface area (Å²) in [6.45, 7) is 2.79. The smallest absolute Gasteiger partial charge is 0.258 e. The maximum atomic E-state index is 11.7. The Hall–Kier alpha value is -1.60. The number of ether oxygens (including phenoxy) is 1. The molecule has 0 radical (unpaired) electrons. The van der Waals surface area contributed by atoms with Gasteiger partial charge in [-0.25, -0.2) is 0 Å². The lowest BCUT2D eigenvalue weighted by molar-refractivity contribution is -0.125. The van der Waals surface area contributed by atoms with Crippen LogP contribution in [0.1, 0.15) is 12.5 Å². The van der Waals surface area contributed by atoms with Crippen LogP contribution in [0.5, 0.6) is 5.75 Å². The van der Waals surface area contributed by atoms with Gasteiger partial charge in [0.1, 0.15) is 10.1 Å². The van der Waals surface area contributed by atoms with Gasteiger partial charge in [0.15, 0.2) is 6.61 Å². The molecule has 118 valence electrons. The molecule has 0 unspecified atom stereocenters. The van der Waals surface area contributed by atoms with E-state index < -0.39 is 0 Å². The zero-order chi connectivity index (χ0) is 15.9. The number of carbonyl (C=O) groups excluding carboxylic acids is 2. The molecule has 0 atom stereocenters. The van der Waals surface area contributed by atoms with Crippen LogP contribution in [0.25, 0.3) is 0 Å². The SMILES string of the molecule is CCc1cccc(OCC(=O)NCCN2C(=O)CSC2=S)c1. The van der Waals surface area contributed by atoms with E-state index in [0.717, 1.165) is 12.0 Å². The molecule has 2 amide bonds. The molecule has 1 aromatic carbocycles. The summed E-state index contributed by atoms with van der Waals surface area (Å²) in [7, 11) is 0. The summed E-state index contributed by atoms with van der Waals surface area (Å²) in [4.78, 5) is 24.8. The number of thiocarbonyl (C=S) groups is 1. The van der Waals surface area contributed by atoms with Crippen molar-refractivity contribution in [1.82, 2.24) is 10.2 Å². The van der Waals surface area contributed by atoms with E-state index in [1.54, 1.807) is 0 Å². The summed E-state index contributed by atoms with van der Waals surface area (Å²) < 4.78 is 6.03. The van der Waals surface area contributed by atoms with Crippen molar-refractivity contribution < 1.29 is 14.3 Å². The van der Waals surface area contributed by atoms with Gasteiger partial charge in [-0.1, -0.05) is 43.0 Å². The van der Waals surface area contributed by atoms with Crippen molar-refractivity contribution in [3.05, 3.63) is 29.8 Å². The molecule has 7 heteroatoms. The second kappa shape index (κ2) is 8.14. The number of hydrogen-bond acceptors (Lipinski definition) is 5. The van der Waals surface area contributed by atoms with E-state index in [9.17, 15) is 9.59 Å². The molecule has 1 aromatic rings. The third-order valence-corrected chi connectivity index (χ3v) is 4.61. The van der Waals surface area contributed by atoms with E-state index in [1.165, 1.54) is 16.7 Å². The second-order valence-corrected chi connectivity index (χ2v) is 6.35. The zero-order valence-corrected chi connectivity index (χ0v) is 14.0. The minimum Gasteiger partial charge on any atom is -0.484 e. The van der Waals surface area contributed by atoms with Gasteiger partial charge in [-0.15, -0.1) is 0 Å². The van der Waals surface area contributed by atoms with Crippen LogP contribution in [0.4, 0.5) is 0 Å². The molecule has 2 rings (SSSR count). The molecule has 5 nitrogen and oxygen atoms in total. The number of benzene rings is 1. The maximum Gasteiger partial charge on any atom is 0.258 e. The first-order valence-electron chi connectivity index (χ1n) is 7.05. The number of nitrogens with one attached hydrogen (secondary N) is 1. The van der Waals surface area contributed by atoms with Crippen LogP contribution in [0.3, 0.4) is 0 Å². The minimum absolute atomic E-state index is 0.00289. The highest BCUT2D eigenvalue weighted by molar-refractivity contribution is 8.23. The second-order valence-electron chi connectivity index (χ2n) is 4.74. The van der Waals surface area contributed by atoms with E-state index in [4.69, 9.17) is 17.0 Å². The van der Waals surface area contributed by atoms with Gasteiger partial charge in [0.25, 0.3) is 5.91 Å². The molecule has 0 bridgehead atoms. The Labute approximate surface area is 139 Å². The largest absolute Gasteiger partial charge is 0.484 e. The predicted octanol–water partition coefficient (Wildman–Crippen LogP) is 1.60. The van der Waals surface area contributed by atoms with Crippen LogP contribution < -0.4 is 10.1 Å². The number of carbonyl (C=O) groups is 2. The summed E-state index contributed by atoms with van der Waals surface area (Å²) in [5.41, 5.74) is 1.16. The number of thioether (sulfide) groups is 1. The third-order valence-electron chi connectivity index (χ3n) is 3.17. The quantitative estimate of drug-likeness (QED) is 0.766. The van der Waals surface area contributed by atoms with Crippen LogP contribution in [0.2, 0.25) is 0 Å². The van der Waals surface area contributed by atoms with Crippen LogP contribution in [0.15, 0.2) is 24.3 Å². The molecule has 1 aliphatic heterocycles. The fourth-order valence-corrected chi connectivity index (χ4v) is 3.08. The highest BCUT2D eigenvalue weighted by Gasteiger charge is 2.25. The maximum absolute atomic E-state index is 11.7. The van der Waals surface area contributed by atoms with Gasteiger partial charge >= 0.3 is 0 Å². The van der Waals surface area contributed by atoms with Crippen LogP contribution >= 0.6 is 24.0 Å². The topological polar surface area (TPSA) is 58.6 Å². The molecule has 1 heterocycles. The molecule has 1 fully saturated rings. The van der Waals surface area contributed by atoms with Crippen molar-refractivity contribution in [2.45, 2.75) is 13.3 Å². The number of rotatable bonds is 7. The van der Waals surface area contributed by atoms with E-state index in [-0.39, 0.29) is 18.4 Å². The number of hydrogen-bond donors (Lipinski definition) is 1. The van der Waals surface area contributed by atoms with Crippen molar-refractivity contribution in [1.29, 1.82) is 0 Å². The van der Waals surface area contributed by atoms with E-state index in [1.807, 2.05) is 24.3 Å². The van der Waals surface area contributed by atoms with Gasteiger partial charge in [0.05, 0.1) is 5.75 Å². The average Bonchev–Trinajstić information content (AvgIpc) is 2.85. The average molecular weight is 338 g/mol. The van der Waals surface area contributed by atoms with E-state index in [2.05, 4.69) is 12.2 Å². The first kappa shape index (κ1) is 16.8. The van der Waals surface area contributed by atoms with Crippen molar-refractivity contribution in [2.75, 3.05) is 25.4 Å². The number of nitrogens with zero attached hydrogens (tertiary/aromatic N) is 1. The third kappa shape index (κ3) is 4.71. The molecule has 22 heavy (non-hydrogen) atoms. The van der Waals surface area contributed by atoms with Crippen LogP contribution in [-0.2, 0) is 16.0 Å². The summed E-state index contributed by atoms with van der Waals surface area (Å²) in [6.07, 6.45) is 0.922. The lowest BCUT2D eigenvalue weighted by atomic mass is 10.2. The lowest BCUT2D eigenvalue weighted by Gasteiger charge is -2.15. The van der Waals surface area contributed by atoms with Crippen molar-refractivity contribution >= 4 is 40.1 Å². The first-order valence-corrected chi connectivity index (χ1v) is 8.45. The molecule has 0 saturated carbocycles. The molecular weight excluding hydrogens is 320 g/mol. The predicted molar refractivity (Wildman–Crippen MR) is 91.1 cm³/mol. The Morgan fingerprint density at radius 3 is 3.00 bits per heavy atom. The summed E-state index contributed by atoms with van der Waals surface area (Å²) >= 11 is 6.42. The van der Waals surface area contributed by atoms with Crippen LogP contribution in [-0.4, -0.2) is 46.5 Å². The van der Waals surface area contributed by atoms with Crippen LogP contribution in [0, 0.1) is 0 Å². The van der Waals surface area contributed by atoms with Crippen molar-refractivity contribution in [3.63, 3.8) is 0 Å². The van der Waals surface area contributed by atoms with E-state index in [0.29, 0.717) is 28.9 Å². The van der Waals surface area contributed by atoms with Gasteiger partial charge in [-0.2, -0.15) is 0 Å². The standard InChI is InChI=1S/C15H18N2O3S2/c1-2-11-4-3-5-12(8-11)20-9-13(18)16-6-7-17-14(19)10-22-15(17)21/h3-5,8H,2,6-7,9-10H2,1H3,(H,16,18). The number of amides is 2. The van der Waals surface area contributed by atoms with Gasteiger partial charge < -0.3 is 10.1 Å². The van der Waals surface area contributed by atoms with E-state index >= 15 is 0 Å². The normalized spacial score (nSPS) is 14.3. The molecule has 0 spiro atoms. The Bertz CT molecular complexity index is 562. The Morgan fingerprint density at radius 1 is 1.50 bits per heavy atom. The minimum atomic E-state index is -0.216. The highest BCUT2D eigenvalue weighted by atomic mass is 32.2. The zero-order valence-electron chi connectivity index (χ0n) is 12.3. The van der Waals surface area contributed by atoms with Gasteiger partial charge in [0, 0.05) is 13.1 Å². The highest BCUT2D eigenvalue weighted by Crippen LogP contribution is 2.18. The molecule has 0 aliphatic carbocycles. The number of aryl methyl sites for hydroxylation is 1. The summed E-state index contributed by atoms with van der Waals surface area (Å²) in [6, 6.07) is 7.67. The summed E-state index contributed by atoms with van der Waals surface area (Å²) in [5, 5.41) is 2.72. The Morgan fingerprint density at radius 2 is 2.32 bits per heavy atom. The Kier molecular flexibility index (Phi) is 6.21. The lowest BCUT2D eigenvalue weighted by Crippen LogP contribution is -2.38. The van der Waals surface area contributed by atoms with Gasteiger partial charge in [-0.3, -0.25) is 14.5 Å². The molecular formula is C15H18N2O3S2. The first-order chi connectivity index (χ1) is 10.6. The fraction of sp³-hybridized carbons (Fsp3) is 0.400. The monoisotopic (exact) mass is 338 g/mol. The molecule has 1 aliphatic rings.